The Morgan fingerprint density at radius 2 is 2.16 bits per heavy atom. The summed E-state index contributed by atoms with van der Waals surface area (Å²) in [6.45, 7) is 8.52. The van der Waals surface area contributed by atoms with E-state index in [0.717, 1.165) is 36.1 Å². The van der Waals surface area contributed by atoms with Crippen LogP contribution in [0.4, 0.5) is 5.82 Å². The molecule has 2 heterocycles. The van der Waals surface area contributed by atoms with Gasteiger partial charge in [0.15, 0.2) is 5.84 Å². The van der Waals surface area contributed by atoms with E-state index in [-0.39, 0.29) is 5.84 Å². The molecular formula is C14H22N4O. The van der Waals surface area contributed by atoms with E-state index in [1.54, 1.807) is 0 Å². The second-order valence-corrected chi connectivity index (χ2v) is 5.53. The third-order valence-corrected chi connectivity index (χ3v) is 4.00. The Hall–Kier alpha value is -1.78. The first-order valence-electron chi connectivity index (χ1n) is 6.72. The molecule has 2 unspecified atom stereocenters. The smallest absolute Gasteiger partial charge is 0.170 e. The van der Waals surface area contributed by atoms with Gasteiger partial charge in [0.1, 0.15) is 5.82 Å². The number of piperidine rings is 1. The molecular weight excluding hydrogens is 240 g/mol. The number of amidine groups is 1. The monoisotopic (exact) mass is 262 g/mol. The van der Waals surface area contributed by atoms with Crippen LogP contribution in [0.2, 0.25) is 0 Å². The van der Waals surface area contributed by atoms with E-state index in [9.17, 15) is 0 Å². The molecule has 1 fully saturated rings. The molecule has 1 aliphatic heterocycles. The van der Waals surface area contributed by atoms with Gasteiger partial charge >= 0.3 is 0 Å². The molecule has 0 radical (unpaired) electrons. The van der Waals surface area contributed by atoms with Gasteiger partial charge in [0.05, 0.1) is 0 Å². The molecule has 1 saturated heterocycles. The molecule has 0 bridgehead atoms. The van der Waals surface area contributed by atoms with Gasteiger partial charge < -0.3 is 15.8 Å². The Kier molecular flexibility index (Phi) is 3.93. The summed E-state index contributed by atoms with van der Waals surface area (Å²) in [7, 11) is 0. The minimum atomic E-state index is 0.130. The Morgan fingerprint density at radius 1 is 1.42 bits per heavy atom. The van der Waals surface area contributed by atoms with Crippen molar-refractivity contribution in [2.75, 3.05) is 18.0 Å². The standard InChI is InChI=1S/C14H22N4O/c1-9-4-5-18(8-10(9)2)13-7-12(14(15)17-19)6-11(3)16-13/h6-7,9-10,19H,4-5,8H2,1-3H3,(H2,15,17). The fourth-order valence-electron chi connectivity index (χ4n) is 2.49. The SMILES string of the molecule is Cc1cc(/C(N)=N/O)cc(N2CCC(C)C(C)C2)n1. The van der Waals surface area contributed by atoms with Crippen LogP contribution in [0.5, 0.6) is 0 Å². The highest BCUT2D eigenvalue weighted by molar-refractivity contribution is 5.97. The number of hydrogen-bond donors (Lipinski definition) is 2. The van der Waals surface area contributed by atoms with Crippen molar-refractivity contribution in [3.05, 3.63) is 23.4 Å². The number of oxime groups is 1. The average Bonchev–Trinajstić information content (AvgIpc) is 2.40. The summed E-state index contributed by atoms with van der Waals surface area (Å²) in [5, 5.41) is 11.8. The topological polar surface area (TPSA) is 74.7 Å². The average molecular weight is 262 g/mol. The first kappa shape index (κ1) is 13.6. The van der Waals surface area contributed by atoms with Crippen LogP contribution in [-0.4, -0.2) is 29.1 Å². The number of rotatable bonds is 2. The third-order valence-electron chi connectivity index (χ3n) is 4.00. The highest BCUT2D eigenvalue weighted by Gasteiger charge is 2.23. The molecule has 0 aliphatic carbocycles. The lowest BCUT2D eigenvalue weighted by atomic mass is 9.88. The van der Waals surface area contributed by atoms with E-state index in [0.29, 0.717) is 5.92 Å². The number of anilines is 1. The Balaban J connectivity index is 2.27. The first-order valence-corrected chi connectivity index (χ1v) is 6.72. The summed E-state index contributed by atoms with van der Waals surface area (Å²) >= 11 is 0. The van der Waals surface area contributed by atoms with Gasteiger partial charge in [-0.1, -0.05) is 19.0 Å². The van der Waals surface area contributed by atoms with Crippen LogP contribution in [0, 0.1) is 18.8 Å². The van der Waals surface area contributed by atoms with Crippen LogP contribution in [-0.2, 0) is 0 Å². The van der Waals surface area contributed by atoms with Crippen molar-refractivity contribution in [3.8, 4) is 0 Å². The largest absolute Gasteiger partial charge is 0.409 e. The molecule has 1 aromatic rings. The predicted octanol–water partition coefficient (Wildman–Crippen LogP) is 1.97. The Morgan fingerprint density at radius 3 is 2.79 bits per heavy atom. The number of aromatic nitrogens is 1. The van der Waals surface area contributed by atoms with Gasteiger partial charge in [0.2, 0.25) is 0 Å². The summed E-state index contributed by atoms with van der Waals surface area (Å²) in [4.78, 5) is 6.85. The summed E-state index contributed by atoms with van der Waals surface area (Å²) in [5.74, 6) is 2.46. The van der Waals surface area contributed by atoms with Crippen LogP contribution < -0.4 is 10.6 Å². The number of hydrogen-bond acceptors (Lipinski definition) is 4. The van der Waals surface area contributed by atoms with Crippen LogP contribution in [0.15, 0.2) is 17.3 Å². The van der Waals surface area contributed by atoms with Gasteiger partial charge in [-0.15, -0.1) is 0 Å². The van der Waals surface area contributed by atoms with Gasteiger partial charge in [-0.05, 0) is 37.3 Å². The summed E-state index contributed by atoms with van der Waals surface area (Å²) in [6.07, 6.45) is 1.18. The zero-order valence-corrected chi connectivity index (χ0v) is 11.8. The Labute approximate surface area is 114 Å². The fourth-order valence-corrected chi connectivity index (χ4v) is 2.49. The third kappa shape index (κ3) is 2.97. The van der Waals surface area contributed by atoms with Crippen molar-refractivity contribution in [1.82, 2.24) is 4.98 Å². The Bertz CT molecular complexity index is 486. The fraction of sp³-hybridized carbons (Fsp3) is 0.571. The molecule has 0 saturated carbocycles. The number of nitrogens with two attached hydrogens (primary N) is 1. The van der Waals surface area contributed by atoms with Crippen molar-refractivity contribution in [2.24, 2.45) is 22.7 Å². The van der Waals surface area contributed by atoms with Crippen molar-refractivity contribution in [3.63, 3.8) is 0 Å². The van der Waals surface area contributed by atoms with Crippen molar-refractivity contribution < 1.29 is 5.21 Å². The van der Waals surface area contributed by atoms with Crippen LogP contribution >= 0.6 is 0 Å². The van der Waals surface area contributed by atoms with Crippen molar-refractivity contribution in [1.29, 1.82) is 0 Å². The van der Waals surface area contributed by atoms with E-state index in [4.69, 9.17) is 10.9 Å². The van der Waals surface area contributed by atoms with E-state index in [2.05, 4.69) is 28.9 Å². The quantitative estimate of drug-likeness (QED) is 0.370. The van der Waals surface area contributed by atoms with E-state index < -0.39 is 0 Å². The summed E-state index contributed by atoms with van der Waals surface area (Å²) in [6, 6.07) is 3.72. The minimum Gasteiger partial charge on any atom is -0.409 e. The van der Waals surface area contributed by atoms with Gasteiger partial charge in [-0.3, -0.25) is 0 Å². The normalized spacial score (nSPS) is 24.6. The summed E-state index contributed by atoms with van der Waals surface area (Å²) in [5.41, 5.74) is 7.26. The molecule has 0 spiro atoms. The lowest BCUT2D eigenvalue weighted by Gasteiger charge is -2.36. The zero-order valence-electron chi connectivity index (χ0n) is 11.8. The molecule has 104 valence electrons. The molecule has 5 nitrogen and oxygen atoms in total. The molecule has 1 aliphatic rings. The number of pyridine rings is 1. The number of nitrogens with zero attached hydrogens (tertiary/aromatic N) is 3. The first-order chi connectivity index (χ1) is 9.01. The minimum absolute atomic E-state index is 0.130. The van der Waals surface area contributed by atoms with Gasteiger partial charge in [0, 0.05) is 24.3 Å². The molecule has 0 amide bonds. The van der Waals surface area contributed by atoms with Gasteiger partial charge in [-0.2, -0.15) is 0 Å². The highest BCUT2D eigenvalue weighted by Crippen LogP contribution is 2.26. The van der Waals surface area contributed by atoms with Crippen LogP contribution in [0.25, 0.3) is 0 Å². The maximum atomic E-state index is 8.79. The zero-order chi connectivity index (χ0) is 14.0. The molecule has 2 rings (SSSR count). The molecule has 1 aromatic heterocycles. The van der Waals surface area contributed by atoms with Gasteiger partial charge in [-0.25, -0.2) is 4.98 Å². The van der Waals surface area contributed by atoms with Crippen LogP contribution in [0.3, 0.4) is 0 Å². The second kappa shape index (κ2) is 5.47. The van der Waals surface area contributed by atoms with Crippen molar-refractivity contribution >= 4 is 11.7 Å². The lowest BCUT2D eigenvalue weighted by molar-refractivity contribution is 0.318. The van der Waals surface area contributed by atoms with Crippen molar-refractivity contribution in [2.45, 2.75) is 27.2 Å². The molecule has 2 atom stereocenters. The summed E-state index contributed by atoms with van der Waals surface area (Å²) < 4.78 is 0. The van der Waals surface area contributed by atoms with Gasteiger partial charge in [0.25, 0.3) is 0 Å². The number of aryl methyl sites for hydroxylation is 1. The maximum Gasteiger partial charge on any atom is 0.170 e. The van der Waals surface area contributed by atoms with E-state index in [1.165, 1.54) is 6.42 Å². The van der Waals surface area contributed by atoms with E-state index >= 15 is 0 Å². The van der Waals surface area contributed by atoms with Crippen LogP contribution in [0.1, 0.15) is 31.5 Å². The predicted molar refractivity (Wildman–Crippen MR) is 76.6 cm³/mol. The molecule has 3 N–H and O–H groups in total. The molecule has 0 aromatic carbocycles. The van der Waals surface area contributed by atoms with E-state index in [1.807, 2.05) is 19.1 Å². The highest BCUT2D eigenvalue weighted by atomic mass is 16.4. The second-order valence-electron chi connectivity index (χ2n) is 5.53. The molecule has 5 heteroatoms. The maximum absolute atomic E-state index is 8.79. The lowest BCUT2D eigenvalue weighted by Crippen LogP contribution is -2.39. The molecule has 19 heavy (non-hydrogen) atoms.